The molecular weight excluding hydrogens is 402 g/mol. The monoisotopic (exact) mass is 423 g/mol. The van der Waals surface area contributed by atoms with Crippen molar-refractivity contribution in [2.75, 3.05) is 23.5 Å². The molecule has 0 saturated carbocycles. The fraction of sp³-hybridized carbons (Fsp3) is 0.190. The van der Waals surface area contributed by atoms with E-state index in [4.69, 9.17) is 19.7 Å². The summed E-state index contributed by atoms with van der Waals surface area (Å²) in [6.45, 7) is 2.15. The summed E-state index contributed by atoms with van der Waals surface area (Å²) in [5.74, 6) is 2.49. The van der Waals surface area contributed by atoms with E-state index in [1.54, 1.807) is 18.9 Å². The number of rotatable bonds is 8. The quantitative estimate of drug-likeness (QED) is 0.263. The van der Waals surface area contributed by atoms with Crippen LogP contribution in [0, 0.1) is 0 Å². The largest absolute Gasteiger partial charge is 0.497 e. The van der Waals surface area contributed by atoms with Crippen molar-refractivity contribution in [3.8, 4) is 5.75 Å². The maximum Gasteiger partial charge on any atom is 0.191 e. The molecule has 0 fully saturated rings. The van der Waals surface area contributed by atoms with Gasteiger partial charge in [0.25, 0.3) is 0 Å². The smallest absolute Gasteiger partial charge is 0.191 e. The minimum absolute atomic E-state index is 0.705. The number of aromatic nitrogens is 3. The van der Waals surface area contributed by atoms with Crippen molar-refractivity contribution in [3.05, 3.63) is 54.6 Å². The van der Waals surface area contributed by atoms with E-state index in [0.717, 1.165) is 49.9 Å². The van der Waals surface area contributed by atoms with Gasteiger partial charge in [-0.25, -0.2) is 15.0 Å². The maximum atomic E-state index is 5.24. The average Bonchev–Trinajstić information content (AvgIpc) is 3.16. The Morgan fingerprint density at radius 2 is 1.69 bits per heavy atom. The van der Waals surface area contributed by atoms with Gasteiger partial charge in [-0.3, -0.25) is 0 Å². The van der Waals surface area contributed by atoms with Gasteiger partial charge in [-0.15, -0.1) is 0 Å². The fourth-order valence-corrected chi connectivity index (χ4v) is 4.27. The molecule has 4 rings (SSSR count). The molecule has 2 heterocycles. The van der Waals surface area contributed by atoms with E-state index >= 15 is 0 Å². The number of ether oxygens (including phenoxy) is 1. The number of fused-ring (bicyclic) bond motifs is 1. The van der Waals surface area contributed by atoms with Gasteiger partial charge in [0.1, 0.15) is 11.3 Å². The normalized spacial score (nSPS) is 10.8. The Kier molecular flexibility index (Phi) is 6.12. The number of thiazole rings is 1. The molecule has 4 aromatic rings. The highest BCUT2D eigenvalue weighted by Crippen LogP contribution is 2.33. The van der Waals surface area contributed by atoms with E-state index in [1.807, 2.05) is 54.6 Å². The zero-order valence-electron chi connectivity index (χ0n) is 16.2. The number of para-hydroxylation sites is 1. The van der Waals surface area contributed by atoms with Gasteiger partial charge in [-0.2, -0.15) is 0 Å². The van der Waals surface area contributed by atoms with Crippen LogP contribution in [-0.4, -0.2) is 27.8 Å². The Morgan fingerprint density at radius 3 is 2.41 bits per heavy atom. The van der Waals surface area contributed by atoms with E-state index in [1.165, 1.54) is 11.3 Å². The van der Waals surface area contributed by atoms with E-state index in [9.17, 15) is 0 Å². The van der Waals surface area contributed by atoms with Crippen molar-refractivity contribution in [2.24, 2.45) is 0 Å². The fourth-order valence-electron chi connectivity index (χ4n) is 2.66. The lowest BCUT2D eigenvalue weighted by atomic mass is 10.3. The van der Waals surface area contributed by atoms with Crippen LogP contribution < -0.4 is 15.4 Å². The summed E-state index contributed by atoms with van der Waals surface area (Å²) in [6, 6.07) is 17.7. The van der Waals surface area contributed by atoms with Gasteiger partial charge in [0.15, 0.2) is 20.9 Å². The Labute approximate surface area is 177 Å². The zero-order chi connectivity index (χ0) is 20.1. The number of nitrogens with one attached hydrogen (secondary N) is 2. The number of benzene rings is 2. The van der Waals surface area contributed by atoms with Gasteiger partial charge in [-0.1, -0.05) is 48.2 Å². The van der Waals surface area contributed by atoms with Crippen molar-refractivity contribution in [1.82, 2.24) is 15.0 Å². The number of methoxy groups -OCH3 is 1. The predicted molar refractivity (Wildman–Crippen MR) is 122 cm³/mol. The highest BCUT2D eigenvalue weighted by atomic mass is 32.2. The molecule has 0 aliphatic heterocycles. The van der Waals surface area contributed by atoms with E-state index in [-0.39, 0.29) is 0 Å². The van der Waals surface area contributed by atoms with Crippen LogP contribution in [0.4, 0.5) is 22.3 Å². The SMILES string of the molecule is CCCSc1nc(Nc2ccc(OC)cc2)c2nc(Nc3ccccc3)sc2n1. The van der Waals surface area contributed by atoms with E-state index in [2.05, 4.69) is 17.6 Å². The second kappa shape index (κ2) is 9.11. The summed E-state index contributed by atoms with van der Waals surface area (Å²) in [5.41, 5.74) is 2.66. The second-order valence-corrected chi connectivity index (χ2v) is 8.26. The van der Waals surface area contributed by atoms with Crippen LogP contribution in [0.3, 0.4) is 0 Å². The molecule has 2 aromatic heterocycles. The highest BCUT2D eigenvalue weighted by molar-refractivity contribution is 7.99. The molecule has 0 radical (unpaired) electrons. The summed E-state index contributed by atoms with van der Waals surface area (Å²) in [7, 11) is 1.66. The van der Waals surface area contributed by atoms with Crippen molar-refractivity contribution in [3.63, 3.8) is 0 Å². The molecule has 0 atom stereocenters. The Balaban J connectivity index is 1.68. The van der Waals surface area contributed by atoms with Gasteiger partial charge < -0.3 is 15.4 Å². The lowest BCUT2D eigenvalue weighted by Crippen LogP contribution is -1.98. The van der Waals surface area contributed by atoms with Crippen LogP contribution in [0.2, 0.25) is 0 Å². The standard InChI is InChI=1S/C21H21N5OS2/c1-3-13-28-20-25-18(22-15-9-11-16(27-2)12-10-15)17-19(26-20)29-21(24-17)23-14-7-5-4-6-8-14/h4-12H,3,13H2,1-2H3,(H,23,24)(H,22,25,26). The van der Waals surface area contributed by atoms with Crippen molar-refractivity contribution in [1.29, 1.82) is 0 Å². The molecule has 8 heteroatoms. The Morgan fingerprint density at radius 1 is 0.931 bits per heavy atom. The molecule has 2 N–H and O–H groups in total. The summed E-state index contributed by atoms with van der Waals surface area (Å²) in [4.78, 5) is 15.0. The molecule has 6 nitrogen and oxygen atoms in total. The number of thioether (sulfide) groups is 1. The van der Waals surface area contributed by atoms with Crippen molar-refractivity contribution < 1.29 is 4.74 Å². The molecule has 148 valence electrons. The molecule has 29 heavy (non-hydrogen) atoms. The summed E-state index contributed by atoms with van der Waals surface area (Å²) in [5, 5.41) is 8.28. The molecule has 0 unspecified atom stereocenters. The van der Waals surface area contributed by atoms with Crippen molar-refractivity contribution in [2.45, 2.75) is 18.5 Å². The van der Waals surface area contributed by atoms with Crippen LogP contribution in [0.1, 0.15) is 13.3 Å². The lowest BCUT2D eigenvalue weighted by Gasteiger charge is -2.08. The van der Waals surface area contributed by atoms with Gasteiger partial charge in [0.2, 0.25) is 0 Å². The van der Waals surface area contributed by atoms with Crippen LogP contribution in [0.5, 0.6) is 5.75 Å². The molecule has 0 bridgehead atoms. The molecule has 0 aliphatic rings. The summed E-state index contributed by atoms with van der Waals surface area (Å²) in [6.07, 6.45) is 1.07. The van der Waals surface area contributed by atoms with Crippen molar-refractivity contribution >= 4 is 55.8 Å². The summed E-state index contributed by atoms with van der Waals surface area (Å²) < 4.78 is 5.24. The molecular formula is C21H21N5OS2. The van der Waals surface area contributed by atoms with Crippen LogP contribution in [-0.2, 0) is 0 Å². The van der Waals surface area contributed by atoms with Crippen LogP contribution >= 0.6 is 23.1 Å². The van der Waals surface area contributed by atoms with Gasteiger partial charge >= 0.3 is 0 Å². The molecule has 0 saturated heterocycles. The van der Waals surface area contributed by atoms with Crippen LogP contribution in [0.15, 0.2) is 59.8 Å². The lowest BCUT2D eigenvalue weighted by molar-refractivity contribution is 0.415. The first kappa shape index (κ1) is 19.5. The minimum Gasteiger partial charge on any atom is -0.497 e. The van der Waals surface area contributed by atoms with Gasteiger partial charge in [0, 0.05) is 17.1 Å². The third kappa shape index (κ3) is 4.78. The Hall–Kier alpha value is -2.84. The first-order valence-electron chi connectivity index (χ1n) is 9.29. The first-order valence-corrected chi connectivity index (χ1v) is 11.1. The second-order valence-electron chi connectivity index (χ2n) is 6.22. The van der Waals surface area contributed by atoms with Crippen LogP contribution in [0.25, 0.3) is 10.3 Å². The van der Waals surface area contributed by atoms with E-state index in [0.29, 0.717) is 5.82 Å². The van der Waals surface area contributed by atoms with E-state index < -0.39 is 0 Å². The molecule has 0 aliphatic carbocycles. The Bertz CT molecular complexity index is 1080. The third-order valence-corrected chi connectivity index (χ3v) is 5.97. The summed E-state index contributed by atoms with van der Waals surface area (Å²) >= 11 is 3.18. The predicted octanol–water partition coefficient (Wildman–Crippen LogP) is 6.08. The highest BCUT2D eigenvalue weighted by Gasteiger charge is 2.14. The molecule has 2 aromatic carbocycles. The van der Waals surface area contributed by atoms with Gasteiger partial charge in [-0.05, 0) is 42.8 Å². The number of hydrogen-bond donors (Lipinski definition) is 2. The zero-order valence-corrected chi connectivity index (χ0v) is 17.8. The topological polar surface area (TPSA) is 72.0 Å². The number of anilines is 4. The minimum atomic E-state index is 0.705. The number of nitrogens with zero attached hydrogens (tertiary/aromatic N) is 3. The number of hydrogen-bond acceptors (Lipinski definition) is 8. The third-order valence-electron chi connectivity index (χ3n) is 4.05. The molecule has 0 amide bonds. The average molecular weight is 424 g/mol. The maximum absolute atomic E-state index is 5.24. The molecule has 0 spiro atoms. The first-order chi connectivity index (χ1) is 14.2. The van der Waals surface area contributed by atoms with Gasteiger partial charge in [0.05, 0.1) is 7.11 Å².